The number of rotatable bonds is 4. The molecule has 1 N–H and O–H groups in total. The molecule has 1 atom stereocenters. The van der Waals surface area contributed by atoms with Gasteiger partial charge in [-0.05, 0) is 39.1 Å². The van der Waals surface area contributed by atoms with Crippen molar-refractivity contribution in [2.45, 2.75) is 26.3 Å². The predicted molar refractivity (Wildman–Crippen MR) is 83.3 cm³/mol. The van der Waals surface area contributed by atoms with Gasteiger partial charge >= 0.3 is 0 Å². The van der Waals surface area contributed by atoms with Crippen molar-refractivity contribution >= 4 is 22.3 Å². The highest BCUT2D eigenvalue weighted by atomic mass is 32.1. The summed E-state index contributed by atoms with van der Waals surface area (Å²) < 4.78 is 19.3. The molecule has 0 bridgehead atoms. The molecule has 3 aromatic rings. The number of nitrogens with zero attached hydrogens (tertiary/aromatic N) is 1. The second-order valence-electron chi connectivity index (χ2n) is 5.16. The Bertz CT molecular complexity index is 778. The summed E-state index contributed by atoms with van der Waals surface area (Å²) in [4.78, 5) is 4.50. The molecule has 3 rings (SSSR count). The number of furan rings is 1. The van der Waals surface area contributed by atoms with E-state index in [1.807, 2.05) is 26.3 Å². The van der Waals surface area contributed by atoms with Crippen molar-refractivity contribution in [2.75, 3.05) is 7.05 Å². The minimum Gasteiger partial charge on any atom is -0.459 e. The summed E-state index contributed by atoms with van der Waals surface area (Å²) in [7, 11) is 1.90. The Hall–Kier alpha value is -1.72. The van der Waals surface area contributed by atoms with E-state index in [1.54, 1.807) is 17.4 Å². The van der Waals surface area contributed by atoms with Gasteiger partial charge in [-0.2, -0.15) is 0 Å². The van der Waals surface area contributed by atoms with Gasteiger partial charge in [0.15, 0.2) is 0 Å². The van der Waals surface area contributed by atoms with E-state index in [9.17, 15) is 4.39 Å². The second kappa shape index (κ2) is 5.58. The maximum atomic E-state index is 13.4. The molecule has 0 saturated heterocycles. The zero-order chi connectivity index (χ0) is 15.0. The largest absolute Gasteiger partial charge is 0.459 e. The number of aromatic nitrogens is 1. The van der Waals surface area contributed by atoms with E-state index in [1.165, 1.54) is 12.1 Å². The Balaban J connectivity index is 1.98. The molecule has 0 radical (unpaired) electrons. The lowest BCUT2D eigenvalue weighted by atomic mass is 10.1. The number of halogens is 1. The van der Waals surface area contributed by atoms with Crippen molar-refractivity contribution in [3.05, 3.63) is 51.4 Å². The fourth-order valence-corrected chi connectivity index (χ4v) is 3.36. The molecule has 0 aliphatic heterocycles. The zero-order valence-corrected chi connectivity index (χ0v) is 13.1. The van der Waals surface area contributed by atoms with E-state index in [2.05, 4.69) is 10.3 Å². The molecular weight excluding hydrogens is 287 g/mol. The molecule has 2 aromatic heterocycles. The normalized spacial score (nSPS) is 13.0. The summed E-state index contributed by atoms with van der Waals surface area (Å²) in [5.41, 5.74) is 2.74. The molecule has 1 aromatic carbocycles. The topological polar surface area (TPSA) is 38.1 Å². The van der Waals surface area contributed by atoms with Crippen molar-refractivity contribution in [1.29, 1.82) is 0 Å². The third-order valence-corrected chi connectivity index (χ3v) is 4.63. The summed E-state index contributed by atoms with van der Waals surface area (Å²) >= 11 is 1.65. The van der Waals surface area contributed by atoms with Crippen LogP contribution in [0.15, 0.2) is 28.0 Å². The van der Waals surface area contributed by atoms with Gasteiger partial charge in [0.2, 0.25) is 0 Å². The Morgan fingerprint density at radius 3 is 2.86 bits per heavy atom. The van der Waals surface area contributed by atoms with E-state index >= 15 is 0 Å². The average Bonchev–Trinajstić information content (AvgIpc) is 3.01. The van der Waals surface area contributed by atoms with Crippen LogP contribution in [0.4, 0.5) is 4.39 Å². The fraction of sp³-hybridized carbons (Fsp3) is 0.312. The Kier molecular flexibility index (Phi) is 3.78. The lowest BCUT2D eigenvalue weighted by Crippen LogP contribution is -2.19. The third-order valence-electron chi connectivity index (χ3n) is 3.65. The van der Waals surface area contributed by atoms with Gasteiger partial charge < -0.3 is 9.73 Å². The predicted octanol–water partition coefficient (Wildman–Crippen LogP) is 4.15. The number of hydrogen-bond donors (Lipinski definition) is 1. The number of benzene rings is 1. The van der Waals surface area contributed by atoms with E-state index in [-0.39, 0.29) is 11.9 Å². The Morgan fingerprint density at radius 2 is 2.19 bits per heavy atom. The van der Waals surface area contributed by atoms with Crippen LogP contribution in [0.3, 0.4) is 0 Å². The van der Waals surface area contributed by atoms with Crippen molar-refractivity contribution in [2.24, 2.45) is 0 Å². The summed E-state index contributed by atoms with van der Waals surface area (Å²) in [5.74, 6) is 0.612. The molecule has 5 heteroatoms. The van der Waals surface area contributed by atoms with E-state index in [0.717, 1.165) is 39.4 Å². The van der Waals surface area contributed by atoms with Crippen LogP contribution in [0, 0.1) is 19.7 Å². The number of thiazole rings is 1. The van der Waals surface area contributed by atoms with Crippen molar-refractivity contribution < 1.29 is 8.81 Å². The van der Waals surface area contributed by atoms with Gasteiger partial charge in [0, 0.05) is 28.4 Å². The number of likely N-dealkylation sites (N-methyl/N-ethyl adjacent to an activating group) is 1. The minimum atomic E-state index is -0.241. The highest BCUT2D eigenvalue weighted by Crippen LogP contribution is 2.31. The second-order valence-corrected chi connectivity index (χ2v) is 6.10. The summed E-state index contributed by atoms with van der Waals surface area (Å²) in [5, 5.41) is 7.22. The maximum Gasteiger partial charge on any atom is 0.134 e. The van der Waals surface area contributed by atoms with E-state index in [4.69, 9.17) is 4.42 Å². The van der Waals surface area contributed by atoms with Gasteiger partial charge in [-0.15, -0.1) is 11.3 Å². The minimum absolute atomic E-state index is 0.0333. The standard InChI is InChI=1S/C16H17FN2OS/c1-9-8-21-15(19-9)7-13(18-3)16-10(2)12-6-11(17)4-5-14(12)20-16/h4-6,8,13,18H,7H2,1-3H3. The van der Waals surface area contributed by atoms with Gasteiger partial charge in [0.25, 0.3) is 0 Å². The highest BCUT2D eigenvalue weighted by molar-refractivity contribution is 7.09. The van der Waals surface area contributed by atoms with E-state index < -0.39 is 0 Å². The molecule has 0 aliphatic carbocycles. The molecule has 0 saturated carbocycles. The molecular formula is C16H17FN2OS. The first-order valence-corrected chi connectivity index (χ1v) is 7.73. The molecule has 3 nitrogen and oxygen atoms in total. The molecule has 0 amide bonds. The molecule has 2 heterocycles. The zero-order valence-electron chi connectivity index (χ0n) is 12.2. The smallest absolute Gasteiger partial charge is 0.134 e. The quantitative estimate of drug-likeness (QED) is 0.787. The molecule has 0 spiro atoms. The summed E-state index contributed by atoms with van der Waals surface area (Å²) in [6.45, 7) is 3.96. The molecule has 1 unspecified atom stereocenters. The van der Waals surface area contributed by atoms with Crippen LogP contribution in [0.1, 0.15) is 28.1 Å². The first-order valence-electron chi connectivity index (χ1n) is 6.85. The van der Waals surface area contributed by atoms with Crippen LogP contribution in [0.5, 0.6) is 0 Å². The van der Waals surface area contributed by atoms with Gasteiger partial charge in [-0.3, -0.25) is 0 Å². The van der Waals surface area contributed by atoms with E-state index in [0.29, 0.717) is 0 Å². The third kappa shape index (κ3) is 2.71. The van der Waals surface area contributed by atoms with Crippen LogP contribution in [0.25, 0.3) is 11.0 Å². The van der Waals surface area contributed by atoms with Crippen LogP contribution in [0.2, 0.25) is 0 Å². The van der Waals surface area contributed by atoms with Crippen LogP contribution in [-0.4, -0.2) is 12.0 Å². The number of aryl methyl sites for hydroxylation is 2. The number of nitrogens with one attached hydrogen (secondary N) is 1. The maximum absolute atomic E-state index is 13.4. The molecule has 0 aliphatic rings. The Labute approximate surface area is 126 Å². The van der Waals surface area contributed by atoms with Crippen molar-refractivity contribution in [1.82, 2.24) is 10.3 Å². The first-order chi connectivity index (χ1) is 10.1. The average molecular weight is 304 g/mol. The van der Waals surface area contributed by atoms with Gasteiger partial charge in [0.1, 0.15) is 17.2 Å². The van der Waals surface area contributed by atoms with Crippen LogP contribution >= 0.6 is 11.3 Å². The van der Waals surface area contributed by atoms with Crippen LogP contribution < -0.4 is 5.32 Å². The Morgan fingerprint density at radius 1 is 1.38 bits per heavy atom. The lowest BCUT2D eigenvalue weighted by Gasteiger charge is -2.13. The van der Waals surface area contributed by atoms with Crippen molar-refractivity contribution in [3.63, 3.8) is 0 Å². The SMILES string of the molecule is CNC(Cc1nc(C)cs1)c1oc2ccc(F)cc2c1C. The van der Waals surface area contributed by atoms with Gasteiger partial charge in [-0.25, -0.2) is 9.37 Å². The summed E-state index contributed by atoms with van der Waals surface area (Å²) in [6, 6.07) is 4.67. The summed E-state index contributed by atoms with van der Waals surface area (Å²) in [6.07, 6.45) is 0.762. The van der Waals surface area contributed by atoms with Gasteiger partial charge in [-0.1, -0.05) is 0 Å². The fourth-order valence-electron chi connectivity index (χ4n) is 2.54. The first kappa shape index (κ1) is 14.2. The van der Waals surface area contributed by atoms with Crippen molar-refractivity contribution in [3.8, 4) is 0 Å². The molecule has 0 fully saturated rings. The molecule has 21 heavy (non-hydrogen) atoms. The number of hydrogen-bond acceptors (Lipinski definition) is 4. The lowest BCUT2D eigenvalue weighted by molar-refractivity contribution is 0.447. The van der Waals surface area contributed by atoms with Crippen LogP contribution in [-0.2, 0) is 6.42 Å². The monoisotopic (exact) mass is 304 g/mol. The molecule has 110 valence electrons. The van der Waals surface area contributed by atoms with Gasteiger partial charge in [0.05, 0.1) is 11.0 Å². The number of fused-ring (bicyclic) bond motifs is 1. The highest BCUT2D eigenvalue weighted by Gasteiger charge is 2.20.